The second-order valence-electron chi connectivity index (χ2n) is 6.05. The van der Waals surface area contributed by atoms with Gasteiger partial charge in [-0.2, -0.15) is 0 Å². The van der Waals surface area contributed by atoms with Crippen LogP contribution in [-0.4, -0.2) is 40.5 Å². The van der Waals surface area contributed by atoms with Crippen LogP contribution < -0.4 is 5.32 Å². The molecule has 5 heteroatoms. The smallest absolute Gasteiger partial charge is 0.144 e. The Balaban J connectivity index is 1.89. The molecule has 1 aliphatic rings. The van der Waals surface area contributed by atoms with Crippen LogP contribution in [0.4, 0.5) is 0 Å². The molecule has 1 fully saturated rings. The van der Waals surface area contributed by atoms with E-state index < -0.39 is 0 Å². The van der Waals surface area contributed by atoms with Gasteiger partial charge in [-0.3, -0.25) is 4.90 Å². The molecule has 0 radical (unpaired) electrons. The Morgan fingerprint density at radius 2 is 2.25 bits per heavy atom. The summed E-state index contributed by atoms with van der Waals surface area (Å²) in [6.07, 6.45) is 2.57. The normalized spacial score (nSPS) is 20.6. The van der Waals surface area contributed by atoms with Crippen LogP contribution >= 0.6 is 11.6 Å². The van der Waals surface area contributed by atoms with Crippen molar-refractivity contribution >= 4 is 11.6 Å². The van der Waals surface area contributed by atoms with Gasteiger partial charge in [0, 0.05) is 18.3 Å². The molecule has 0 spiro atoms. The Hall–Kier alpha value is -0.710. The number of nitrogens with one attached hydrogen (secondary N) is 1. The van der Waals surface area contributed by atoms with Crippen molar-refractivity contribution in [2.45, 2.75) is 46.2 Å². The lowest BCUT2D eigenvalue weighted by molar-refractivity contribution is 0.160. The average molecular weight is 297 g/mol. The van der Waals surface area contributed by atoms with Gasteiger partial charge in [-0.05, 0) is 44.8 Å². The van der Waals surface area contributed by atoms with Crippen LogP contribution in [0.2, 0.25) is 5.15 Å². The van der Waals surface area contributed by atoms with Crippen LogP contribution in [0.5, 0.6) is 0 Å². The van der Waals surface area contributed by atoms with Gasteiger partial charge in [0.15, 0.2) is 0 Å². The summed E-state index contributed by atoms with van der Waals surface area (Å²) in [6.45, 7) is 10.5. The van der Waals surface area contributed by atoms with Gasteiger partial charge in [0.25, 0.3) is 0 Å². The Morgan fingerprint density at radius 1 is 1.45 bits per heavy atom. The third-order valence-corrected chi connectivity index (χ3v) is 3.85. The number of halogens is 1. The summed E-state index contributed by atoms with van der Waals surface area (Å²) in [5.74, 6) is 1.57. The molecule has 1 N–H and O–H groups in total. The summed E-state index contributed by atoms with van der Waals surface area (Å²) in [6, 6.07) is 2.36. The number of piperidine rings is 1. The minimum absolute atomic E-state index is 0.544. The number of aromatic nitrogens is 2. The first kappa shape index (κ1) is 15.7. The predicted octanol–water partition coefficient (Wildman–Crippen LogP) is 2.65. The van der Waals surface area contributed by atoms with Crippen LogP contribution in [0.25, 0.3) is 0 Å². The van der Waals surface area contributed by atoms with Crippen molar-refractivity contribution in [2.75, 3.05) is 19.6 Å². The molecule has 0 saturated carbocycles. The fourth-order valence-electron chi connectivity index (χ4n) is 2.72. The van der Waals surface area contributed by atoms with E-state index in [-0.39, 0.29) is 0 Å². The minimum Gasteiger partial charge on any atom is -0.314 e. The van der Waals surface area contributed by atoms with E-state index >= 15 is 0 Å². The summed E-state index contributed by atoms with van der Waals surface area (Å²) in [4.78, 5) is 11.2. The Morgan fingerprint density at radius 3 is 2.95 bits per heavy atom. The molecule has 0 bridgehead atoms. The highest BCUT2D eigenvalue weighted by Crippen LogP contribution is 2.18. The molecule has 4 nitrogen and oxygen atoms in total. The standard InChI is InChI=1S/C15H25ClN4/c1-11(2)17-8-13-5-4-6-20(9-13)10-15-18-12(3)7-14(16)19-15/h7,11,13,17H,4-6,8-10H2,1-3H3. The van der Waals surface area contributed by atoms with Gasteiger partial charge in [0.05, 0.1) is 6.54 Å². The van der Waals surface area contributed by atoms with E-state index in [1.165, 1.54) is 12.8 Å². The number of nitrogens with zero attached hydrogens (tertiary/aromatic N) is 3. The van der Waals surface area contributed by atoms with Crippen molar-refractivity contribution in [3.8, 4) is 0 Å². The second-order valence-corrected chi connectivity index (χ2v) is 6.44. The SMILES string of the molecule is Cc1cc(Cl)nc(CN2CCCC(CNC(C)C)C2)n1. The molecule has 1 aromatic rings. The van der Waals surface area contributed by atoms with E-state index in [2.05, 4.69) is 34.0 Å². The van der Waals surface area contributed by atoms with Crippen LogP contribution in [0, 0.1) is 12.8 Å². The van der Waals surface area contributed by atoms with Crippen molar-refractivity contribution in [1.82, 2.24) is 20.2 Å². The van der Waals surface area contributed by atoms with Gasteiger partial charge in [0.2, 0.25) is 0 Å². The zero-order chi connectivity index (χ0) is 14.5. The summed E-state index contributed by atoms with van der Waals surface area (Å²) < 4.78 is 0. The van der Waals surface area contributed by atoms with Crippen molar-refractivity contribution in [3.05, 3.63) is 22.7 Å². The van der Waals surface area contributed by atoms with Crippen LogP contribution in [0.15, 0.2) is 6.07 Å². The van der Waals surface area contributed by atoms with E-state index in [4.69, 9.17) is 11.6 Å². The average Bonchev–Trinajstić information content (AvgIpc) is 2.35. The van der Waals surface area contributed by atoms with Crippen LogP contribution in [0.3, 0.4) is 0 Å². The summed E-state index contributed by atoms with van der Waals surface area (Å²) in [5, 5.41) is 4.08. The molecule has 1 aliphatic heterocycles. The lowest BCUT2D eigenvalue weighted by Crippen LogP contribution is -2.40. The zero-order valence-corrected chi connectivity index (χ0v) is 13.5. The molecule has 1 unspecified atom stereocenters. The van der Waals surface area contributed by atoms with Gasteiger partial charge in [0.1, 0.15) is 11.0 Å². The maximum absolute atomic E-state index is 6.00. The molecule has 0 aliphatic carbocycles. The van der Waals surface area contributed by atoms with Gasteiger partial charge in [-0.15, -0.1) is 0 Å². The Labute approximate surface area is 126 Å². The number of hydrogen-bond donors (Lipinski definition) is 1. The molecule has 20 heavy (non-hydrogen) atoms. The van der Waals surface area contributed by atoms with E-state index in [0.29, 0.717) is 11.2 Å². The highest BCUT2D eigenvalue weighted by Gasteiger charge is 2.20. The van der Waals surface area contributed by atoms with Gasteiger partial charge in [-0.1, -0.05) is 25.4 Å². The van der Waals surface area contributed by atoms with Gasteiger partial charge >= 0.3 is 0 Å². The predicted molar refractivity (Wildman–Crippen MR) is 82.9 cm³/mol. The molecular weight excluding hydrogens is 272 g/mol. The maximum atomic E-state index is 6.00. The molecule has 0 aromatic carbocycles. The molecule has 1 atom stereocenters. The number of rotatable bonds is 5. The monoisotopic (exact) mass is 296 g/mol. The van der Waals surface area contributed by atoms with Gasteiger partial charge in [-0.25, -0.2) is 9.97 Å². The van der Waals surface area contributed by atoms with E-state index in [1.54, 1.807) is 6.07 Å². The molecule has 0 amide bonds. The Kier molecular flexibility index (Phi) is 5.75. The first-order valence-corrected chi connectivity index (χ1v) is 7.86. The van der Waals surface area contributed by atoms with Crippen LogP contribution in [-0.2, 0) is 6.54 Å². The lowest BCUT2D eigenvalue weighted by atomic mass is 9.97. The largest absolute Gasteiger partial charge is 0.314 e. The van der Waals surface area contributed by atoms with E-state index in [0.717, 1.165) is 43.6 Å². The maximum Gasteiger partial charge on any atom is 0.144 e. The number of aryl methyl sites for hydroxylation is 1. The van der Waals surface area contributed by atoms with E-state index in [1.807, 2.05) is 6.92 Å². The molecule has 2 rings (SSSR count). The Bertz CT molecular complexity index is 416. The molecule has 112 valence electrons. The third-order valence-electron chi connectivity index (χ3n) is 3.65. The lowest BCUT2D eigenvalue weighted by Gasteiger charge is -2.32. The van der Waals surface area contributed by atoms with E-state index in [9.17, 15) is 0 Å². The van der Waals surface area contributed by atoms with Gasteiger partial charge < -0.3 is 5.32 Å². The molecule has 1 saturated heterocycles. The number of hydrogen-bond acceptors (Lipinski definition) is 4. The second kappa shape index (κ2) is 7.34. The summed E-state index contributed by atoms with van der Waals surface area (Å²) in [5.41, 5.74) is 0.940. The molecular formula is C15H25ClN4. The van der Waals surface area contributed by atoms with Crippen molar-refractivity contribution in [2.24, 2.45) is 5.92 Å². The molecule has 1 aromatic heterocycles. The zero-order valence-electron chi connectivity index (χ0n) is 12.7. The highest BCUT2D eigenvalue weighted by molar-refractivity contribution is 6.29. The summed E-state index contributed by atoms with van der Waals surface area (Å²) >= 11 is 6.00. The van der Waals surface area contributed by atoms with Crippen molar-refractivity contribution in [1.29, 1.82) is 0 Å². The van der Waals surface area contributed by atoms with Crippen LogP contribution in [0.1, 0.15) is 38.2 Å². The topological polar surface area (TPSA) is 41.1 Å². The van der Waals surface area contributed by atoms with Crippen molar-refractivity contribution in [3.63, 3.8) is 0 Å². The first-order valence-electron chi connectivity index (χ1n) is 7.48. The quantitative estimate of drug-likeness (QED) is 0.848. The fourth-order valence-corrected chi connectivity index (χ4v) is 2.98. The first-order chi connectivity index (χ1) is 9.52. The number of likely N-dealkylation sites (tertiary alicyclic amines) is 1. The molecule has 2 heterocycles. The fraction of sp³-hybridized carbons (Fsp3) is 0.733. The third kappa shape index (κ3) is 5.00. The highest BCUT2D eigenvalue weighted by atomic mass is 35.5. The minimum atomic E-state index is 0.544. The summed E-state index contributed by atoms with van der Waals surface area (Å²) in [7, 11) is 0. The van der Waals surface area contributed by atoms with Crippen molar-refractivity contribution < 1.29 is 0 Å².